The van der Waals surface area contributed by atoms with E-state index in [-0.39, 0.29) is 22.6 Å². The Bertz CT molecular complexity index is 837. The summed E-state index contributed by atoms with van der Waals surface area (Å²) in [5.74, 6) is -2.15. The molecular weight excluding hydrogens is 378 g/mol. The van der Waals surface area contributed by atoms with E-state index in [1.54, 1.807) is 6.07 Å². The Kier molecular flexibility index (Phi) is 9.27. The van der Waals surface area contributed by atoms with Crippen LogP contribution in [0, 0.1) is 0 Å². The molecule has 7 N–H and O–H groups in total. The van der Waals surface area contributed by atoms with Crippen molar-refractivity contribution in [1.29, 1.82) is 0 Å². The van der Waals surface area contributed by atoms with Gasteiger partial charge in [0.15, 0.2) is 0 Å². The molecule has 0 fully saturated rings. The molecule has 0 amide bonds. The third-order valence-electron chi connectivity index (χ3n) is 4.03. The minimum Gasteiger partial charge on any atom is -0.507 e. The fraction of sp³-hybridized carbons (Fsp3) is 0.300. The maximum absolute atomic E-state index is 11.7. The van der Waals surface area contributed by atoms with Gasteiger partial charge in [-0.2, -0.15) is 0 Å². The summed E-state index contributed by atoms with van der Waals surface area (Å²) in [5.41, 5.74) is 11.5. The van der Waals surface area contributed by atoms with Crippen molar-refractivity contribution in [1.82, 2.24) is 4.90 Å². The second-order valence-corrected chi connectivity index (χ2v) is 6.02. The van der Waals surface area contributed by atoms with Crippen molar-refractivity contribution in [3.8, 4) is 11.5 Å². The van der Waals surface area contributed by atoms with Crippen LogP contribution in [0.1, 0.15) is 34.6 Å². The highest BCUT2D eigenvalue weighted by atomic mass is 16.5. The number of phenols is 2. The smallest absolute Gasteiger partial charge is 0.341 e. The molecule has 0 aliphatic rings. The second kappa shape index (κ2) is 11.4. The van der Waals surface area contributed by atoms with Crippen molar-refractivity contribution in [2.24, 2.45) is 0 Å². The molecule has 0 unspecified atom stereocenters. The molecular formula is C20H27N3O6. The lowest BCUT2D eigenvalue weighted by atomic mass is 10.2. The minimum absolute atomic E-state index is 0.140. The first kappa shape index (κ1) is 23.6. The number of rotatable bonds is 7. The molecule has 2 rings (SSSR count). The van der Waals surface area contributed by atoms with E-state index in [9.17, 15) is 14.7 Å². The lowest BCUT2D eigenvalue weighted by Crippen LogP contribution is -2.27. The average molecular weight is 405 g/mol. The normalized spacial score (nSPS) is 10.2. The third kappa shape index (κ3) is 7.59. The number of benzene rings is 2. The fourth-order valence-corrected chi connectivity index (χ4v) is 2.34. The molecule has 9 heteroatoms. The van der Waals surface area contributed by atoms with Crippen LogP contribution >= 0.6 is 0 Å². The lowest BCUT2D eigenvalue weighted by molar-refractivity contribution is 0.0463. The van der Waals surface area contributed by atoms with E-state index >= 15 is 0 Å². The van der Waals surface area contributed by atoms with Crippen LogP contribution in [-0.2, 0) is 4.74 Å². The van der Waals surface area contributed by atoms with Gasteiger partial charge < -0.3 is 36.4 Å². The Morgan fingerprint density at radius 1 is 0.931 bits per heavy atom. The highest BCUT2D eigenvalue weighted by molar-refractivity contribution is 5.93. The van der Waals surface area contributed by atoms with Crippen molar-refractivity contribution in [2.45, 2.75) is 13.8 Å². The Hall–Kier alpha value is -3.46. The second-order valence-electron chi connectivity index (χ2n) is 6.02. The van der Waals surface area contributed by atoms with Crippen LogP contribution in [0.2, 0.25) is 0 Å². The van der Waals surface area contributed by atoms with Crippen molar-refractivity contribution >= 4 is 23.3 Å². The number of anilines is 2. The summed E-state index contributed by atoms with van der Waals surface area (Å²) in [6.07, 6.45) is 0. The fourth-order valence-electron chi connectivity index (χ4n) is 2.34. The zero-order valence-electron chi connectivity index (χ0n) is 16.5. The molecule has 0 atom stereocenters. The zero-order chi connectivity index (χ0) is 22.0. The largest absolute Gasteiger partial charge is 0.507 e. The van der Waals surface area contributed by atoms with Crippen molar-refractivity contribution in [3.05, 3.63) is 47.5 Å². The Morgan fingerprint density at radius 2 is 1.41 bits per heavy atom. The monoisotopic (exact) mass is 405 g/mol. The van der Waals surface area contributed by atoms with Crippen LogP contribution in [0.15, 0.2) is 36.4 Å². The number of carbonyl (C=O) groups excluding carboxylic acids is 1. The molecule has 0 radical (unpaired) electrons. The predicted octanol–water partition coefficient (Wildman–Crippen LogP) is 2.15. The number of carbonyl (C=O) groups is 2. The number of esters is 1. The molecule has 0 aliphatic heterocycles. The number of carboxylic acid groups (broad SMARTS) is 1. The van der Waals surface area contributed by atoms with Crippen LogP contribution in [0.4, 0.5) is 11.4 Å². The van der Waals surface area contributed by atoms with Crippen LogP contribution in [0.5, 0.6) is 11.5 Å². The van der Waals surface area contributed by atoms with E-state index in [1.165, 1.54) is 30.3 Å². The molecule has 0 heterocycles. The van der Waals surface area contributed by atoms with E-state index in [2.05, 4.69) is 18.7 Å². The molecule has 0 bridgehead atoms. The summed E-state index contributed by atoms with van der Waals surface area (Å²) >= 11 is 0. The van der Waals surface area contributed by atoms with Gasteiger partial charge in [-0.3, -0.25) is 0 Å². The molecule has 0 aromatic heterocycles. The number of hydrogen-bond donors (Lipinski definition) is 5. The number of likely N-dealkylation sites (N-methyl/N-ethyl adjacent to an activating group) is 1. The van der Waals surface area contributed by atoms with Gasteiger partial charge in [-0.1, -0.05) is 13.8 Å². The average Bonchev–Trinajstić information content (AvgIpc) is 2.65. The van der Waals surface area contributed by atoms with Gasteiger partial charge in [0, 0.05) is 30.1 Å². The molecule has 158 valence electrons. The van der Waals surface area contributed by atoms with Crippen molar-refractivity contribution in [3.63, 3.8) is 0 Å². The molecule has 0 saturated carbocycles. The first-order valence-corrected chi connectivity index (χ1v) is 8.99. The number of aromatic carboxylic acids is 1. The molecule has 9 nitrogen and oxygen atoms in total. The van der Waals surface area contributed by atoms with Crippen LogP contribution in [0.3, 0.4) is 0 Å². The number of carboxylic acids is 1. The topological polar surface area (TPSA) is 159 Å². The molecule has 0 spiro atoms. The summed E-state index contributed by atoms with van der Waals surface area (Å²) in [5, 5.41) is 27.0. The summed E-state index contributed by atoms with van der Waals surface area (Å²) in [4.78, 5) is 24.2. The van der Waals surface area contributed by atoms with Crippen molar-refractivity contribution in [2.75, 3.05) is 37.7 Å². The van der Waals surface area contributed by atoms with Crippen LogP contribution < -0.4 is 11.5 Å². The van der Waals surface area contributed by atoms with Gasteiger partial charge in [-0.25, -0.2) is 9.59 Å². The van der Waals surface area contributed by atoms with Gasteiger partial charge in [0.1, 0.15) is 29.2 Å². The van der Waals surface area contributed by atoms with Gasteiger partial charge >= 0.3 is 11.9 Å². The van der Waals surface area contributed by atoms with Crippen LogP contribution in [0.25, 0.3) is 0 Å². The highest BCUT2D eigenvalue weighted by Crippen LogP contribution is 2.21. The highest BCUT2D eigenvalue weighted by Gasteiger charge is 2.13. The first-order chi connectivity index (χ1) is 13.7. The number of aromatic hydroxyl groups is 2. The Labute approximate surface area is 169 Å². The predicted molar refractivity (Wildman–Crippen MR) is 110 cm³/mol. The molecule has 29 heavy (non-hydrogen) atoms. The number of ether oxygens (including phenoxy) is 1. The SMILES string of the molecule is CCN(CC)CCOC(=O)c1ccc(N)cc1O.Nc1ccc(C(=O)O)c(O)c1. The van der Waals surface area contributed by atoms with Gasteiger partial charge in [0.2, 0.25) is 0 Å². The number of phenolic OH excluding ortho intramolecular Hbond substituents is 1. The summed E-state index contributed by atoms with van der Waals surface area (Å²) in [6, 6.07) is 8.23. The number of nitrogens with zero attached hydrogens (tertiary/aromatic N) is 1. The van der Waals surface area contributed by atoms with E-state index in [0.717, 1.165) is 13.1 Å². The summed E-state index contributed by atoms with van der Waals surface area (Å²) in [7, 11) is 0. The summed E-state index contributed by atoms with van der Waals surface area (Å²) in [6.45, 7) is 6.94. The number of hydrogen-bond acceptors (Lipinski definition) is 8. The molecule has 2 aromatic rings. The number of nitrogen functional groups attached to an aromatic ring is 2. The molecule has 0 aliphatic carbocycles. The quantitative estimate of drug-likeness (QED) is 0.343. The lowest BCUT2D eigenvalue weighted by Gasteiger charge is -2.17. The number of nitrogens with two attached hydrogens (primary N) is 2. The Morgan fingerprint density at radius 3 is 1.83 bits per heavy atom. The van der Waals surface area contributed by atoms with Gasteiger partial charge in [-0.05, 0) is 37.4 Å². The maximum Gasteiger partial charge on any atom is 0.341 e. The molecule has 2 aromatic carbocycles. The van der Waals surface area contributed by atoms with E-state index in [1.807, 2.05) is 0 Å². The standard InChI is InChI=1S/C13H20N2O3.C7H7NO3/c1-3-15(4-2)7-8-18-13(17)11-6-5-10(14)9-12(11)16;8-4-1-2-5(7(10)11)6(9)3-4/h5-6,9,16H,3-4,7-8,14H2,1-2H3;1-3,9H,8H2,(H,10,11). The Balaban J connectivity index is 0.000000326. The van der Waals surface area contributed by atoms with Gasteiger partial charge in [-0.15, -0.1) is 0 Å². The zero-order valence-corrected chi connectivity index (χ0v) is 16.5. The third-order valence-corrected chi connectivity index (χ3v) is 4.03. The van der Waals surface area contributed by atoms with E-state index < -0.39 is 11.9 Å². The minimum atomic E-state index is -1.16. The van der Waals surface area contributed by atoms with E-state index in [4.69, 9.17) is 26.4 Å². The van der Waals surface area contributed by atoms with E-state index in [0.29, 0.717) is 24.5 Å². The summed E-state index contributed by atoms with van der Waals surface area (Å²) < 4.78 is 5.10. The maximum atomic E-state index is 11.7. The van der Waals surface area contributed by atoms with Gasteiger partial charge in [0.25, 0.3) is 0 Å². The van der Waals surface area contributed by atoms with Gasteiger partial charge in [0.05, 0.1) is 0 Å². The van der Waals surface area contributed by atoms with Crippen molar-refractivity contribution < 1.29 is 29.6 Å². The first-order valence-electron chi connectivity index (χ1n) is 8.99. The molecule has 0 saturated heterocycles. The van der Waals surface area contributed by atoms with Crippen LogP contribution in [-0.4, -0.2) is 58.4 Å².